The van der Waals surface area contributed by atoms with Gasteiger partial charge in [-0.3, -0.25) is 4.79 Å². The quantitative estimate of drug-likeness (QED) is 0.678. The average Bonchev–Trinajstić information content (AvgIpc) is 2.70. The minimum Gasteiger partial charge on any atom is -0.487 e. The summed E-state index contributed by atoms with van der Waals surface area (Å²) in [5.74, 6) is 0.680. The number of nitrogens with two attached hydrogens (primary N) is 1. The molecule has 0 saturated heterocycles. The van der Waals surface area contributed by atoms with Gasteiger partial charge in [0.15, 0.2) is 0 Å². The number of anilines is 1. The summed E-state index contributed by atoms with van der Waals surface area (Å²) in [7, 11) is 0. The van der Waals surface area contributed by atoms with E-state index in [0.717, 1.165) is 44.7 Å². The third kappa shape index (κ3) is 4.10. The Morgan fingerprint density at radius 1 is 1.10 bits per heavy atom. The van der Waals surface area contributed by atoms with Crippen LogP contribution < -0.4 is 15.4 Å². The van der Waals surface area contributed by atoms with Gasteiger partial charge in [-0.1, -0.05) is 18.2 Å². The van der Waals surface area contributed by atoms with Crippen LogP contribution in [-0.2, 0) is 11.4 Å². The number of ether oxygens (including phenoxy) is 1. The van der Waals surface area contributed by atoms with Gasteiger partial charge < -0.3 is 15.4 Å². The van der Waals surface area contributed by atoms with E-state index in [1.165, 1.54) is 5.56 Å². The van der Waals surface area contributed by atoms with Crippen molar-refractivity contribution >= 4 is 22.5 Å². The van der Waals surface area contributed by atoms with Crippen molar-refractivity contribution in [2.24, 2.45) is 5.73 Å². The Balaban J connectivity index is 1.97. The number of aryl methyl sites for hydroxylation is 3. The molecule has 0 aliphatic heterocycles. The van der Waals surface area contributed by atoms with E-state index in [4.69, 9.17) is 15.5 Å². The van der Waals surface area contributed by atoms with Crippen molar-refractivity contribution < 1.29 is 9.53 Å². The van der Waals surface area contributed by atoms with Crippen molar-refractivity contribution in [1.82, 2.24) is 4.98 Å². The number of likely N-dealkylation sites (N-methyl/N-ethyl adjacent to an activating group) is 1. The van der Waals surface area contributed by atoms with Crippen molar-refractivity contribution in [2.45, 2.75) is 41.2 Å². The Morgan fingerprint density at radius 2 is 1.86 bits per heavy atom. The van der Waals surface area contributed by atoms with E-state index >= 15 is 0 Å². The lowest BCUT2D eigenvalue weighted by Gasteiger charge is -2.25. The number of nitrogens with zero attached hydrogens (tertiary/aromatic N) is 2. The molecule has 0 spiro atoms. The van der Waals surface area contributed by atoms with Crippen molar-refractivity contribution in [3.8, 4) is 5.75 Å². The summed E-state index contributed by atoms with van der Waals surface area (Å²) < 4.78 is 6.24. The fourth-order valence-corrected chi connectivity index (χ4v) is 3.81. The molecule has 3 rings (SSSR count). The first-order valence-electron chi connectivity index (χ1n) is 9.96. The van der Waals surface area contributed by atoms with E-state index in [1.807, 2.05) is 45.0 Å². The summed E-state index contributed by atoms with van der Waals surface area (Å²) in [6, 6.07) is 12.1. The highest BCUT2D eigenvalue weighted by Gasteiger charge is 2.18. The fraction of sp³-hybridized carbons (Fsp3) is 0.333. The molecule has 2 N–H and O–H groups in total. The number of benzene rings is 2. The molecule has 0 aliphatic rings. The van der Waals surface area contributed by atoms with Crippen LogP contribution in [0.3, 0.4) is 0 Å². The van der Waals surface area contributed by atoms with Gasteiger partial charge >= 0.3 is 0 Å². The first-order valence-corrected chi connectivity index (χ1v) is 9.96. The zero-order valence-electron chi connectivity index (χ0n) is 17.9. The molecule has 1 aromatic heterocycles. The molecular formula is C24H29N3O2. The van der Waals surface area contributed by atoms with Gasteiger partial charge in [0.1, 0.15) is 17.9 Å². The number of pyridine rings is 1. The summed E-state index contributed by atoms with van der Waals surface area (Å²) in [6.45, 7) is 11.1. The van der Waals surface area contributed by atoms with Crippen molar-refractivity contribution in [2.75, 3.05) is 18.0 Å². The molecular weight excluding hydrogens is 362 g/mol. The van der Waals surface area contributed by atoms with Gasteiger partial charge in [-0.05, 0) is 75.1 Å². The minimum absolute atomic E-state index is 0.00658. The predicted molar refractivity (Wildman–Crippen MR) is 119 cm³/mol. The van der Waals surface area contributed by atoms with Crippen molar-refractivity contribution in [1.29, 1.82) is 0 Å². The van der Waals surface area contributed by atoms with Crippen molar-refractivity contribution in [3.63, 3.8) is 0 Å². The van der Waals surface area contributed by atoms with Crippen LogP contribution in [0.15, 0.2) is 36.4 Å². The lowest BCUT2D eigenvalue weighted by molar-refractivity contribution is -0.117. The third-order valence-corrected chi connectivity index (χ3v) is 5.40. The zero-order valence-corrected chi connectivity index (χ0v) is 17.9. The number of hydrogen-bond acceptors (Lipinski definition) is 4. The normalized spacial score (nSPS) is 11.0. The Labute approximate surface area is 172 Å². The molecule has 5 heteroatoms. The second-order valence-electron chi connectivity index (χ2n) is 7.37. The van der Waals surface area contributed by atoms with Crippen LogP contribution >= 0.6 is 0 Å². The number of amides is 1. The molecule has 0 aliphatic carbocycles. The van der Waals surface area contributed by atoms with Crippen LogP contribution in [-0.4, -0.2) is 24.0 Å². The predicted octanol–water partition coefficient (Wildman–Crippen LogP) is 4.36. The maximum Gasteiger partial charge on any atom is 0.240 e. The van der Waals surface area contributed by atoms with Gasteiger partial charge in [0.25, 0.3) is 0 Å². The van der Waals surface area contributed by atoms with E-state index in [2.05, 4.69) is 26.0 Å². The molecule has 0 fully saturated rings. The monoisotopic (exact) mass is 391 g/mol. The molecule has 1 heterocycles. The Bertz CT molecular complexity index is 1060. The van der Waals surface area contributed by atoms with Gasteiger partial charge in [-0.2, -0.15) is 0 Å². The number of para-hydroxylation sites is 1. The summed E-state index contributed by atoms with van der Waals surface area (Å²) in [6.07, 6.45) is 0. The lowest BCUT2D eigenvalue weighted by atomic mass is 10.0. The van der Waals surface area contributed by atoms with Crippen LogP contribution in [0.4, 0.5) is 5.69 Å². The summed E-state index contributed by atoms with van der Waals surface area (Å²) in [5, 5.41) is 1.10. The summed E-state index contributed by atoms with van der Waals surface area (Å²) in [4.78, 5) is 18.7. The number of carbonyl (C=O) groups is 1. The molecule has 0 radical (unpaired) electrons. The van der Waals surface area contributed by atoms with Crippen LogP contribution in [0.5, 0.6) is 5.75 Å². The second kappa shape index (κ2) is 8.62. The number of hydrogen-bond donors (Lipinski definition) is 1. The largest absolute Gasteiger partial charge is 0.487 e. The Morgan fingerprint density at radius 3 is 2.55 bits per heavy atom. The zero-order chi connectivity index (χ0) is 21.1. The number of aromatic nitrogens is 1. The maximum atomic E-state index is 12.2. The highest BCUT2D eigenvalue weighted by atomic mass is 16.5. The van der Waals surface area contributed by atoms with Gasteiger partial charge in [0.05, 0.1) is 6.54 Å². The Kier molecular flexibility index (Phi) is 6.18. The molecule has 0 bridgehead atoms. The minimum atomic E-state index is -0.0875. The summed E-state index contributed by atoms with van der Waals surface area (Å²) in [5.41, 5.74) is 12.8. The molecule has 2 aromatic carbocycles. The number of fused-ring (bicyclic) bond motifs is 1. The summed E-state index contributed by atoms with van der Waals surface area (Å²) >= 11 is 0. The van der Waals surface area contributed by atoms with Crippen LogP contribution in [0.1, 0.15) is 34.9 Å². The Hall–Kier alpha value is -2.92. The SMILES string of the molecule is CCN(C(=O)CN)c1ccc(C)c(COc2cccc3c(C)cc(C)nc23)c1C. The van der Waals surface area contributed by atoms with Gasteiger partial charge in [-0.25, -0.2) is 4.98 Å². The van der Waals surface area contributed by atoms with Gasteiger partial charge in [0.2, 0.25) is 5.91 Å². The molecule has 0 atom stereocenters. The van der Waals surface area contributed by atoms with E-state index in [9.17, 15) is 4.79 Å². The lowest BCUT2D eigenvalue weighted by Crippen LogP contribution is -2.36. The molecule has 152 valence electrons. The van der Waals surface area contributed by atoms with E-state index in [0.29, 0.717) is 13.2 Å². The first kappa shape index (κ1) is 20.8. The van der Waals surface area contributed by atoms with Gasteiger partial charge in [0, 0.05) is 23.3 Å². The molecule has 0 saturated carbocycles. The first-order chi connectivity index (χ1) is 13.9. The fourth-order valence-electron chi connectivity index (χ4n) is 3.81. The molecule has 3 aromatic rings. The number of carbonyl (C=O) groups excluding carboxylic acids is 1. The van der Waals surface area contributed by atoms with E-state index in [-0.39, 0.29) is 12.5 Å². The smallest absolute Gasteiger partial charge is 0.240 e. The molecule has 5 nitrogen and oxygen atoms in total. The highest BCUT2D eigenvalue weighted by Crippen LogP contribution is 2.30. The van der Waals surface area contributed by atoms with E-state index in [1.54, 1.807) is 4.90 Å². The highest BCUT2D eigenvalue weighted by molar-refractivity contribution is 5.95. The van der Waals surface area contributed by atoms with E-state index < -0.39 is 0 Å². The molecule has 0 unspecified atom stereocenters. The second-order valence-corrected chi connectivity index (χ2v) is 7.37. The van der Waals surface area contributed by atoms with Gasteiger partial charge in [-0.15, -0.1) is 0 Å². The topological polar surface area (TPSA) is 68.5 Å². The average molecular weight is 392 g/mol. The maximum absolute atomic E-state index is 12.2. The van der Waals surface area contributed by atoms with Crippen LogP contribution in [0.2, 0.25) is 0 Å². The van der Waals surface area contributed by atoms with Crippen LogP contribution in [0, 0.1) is 27.7 Å². The molecule has 1 amide bonds. The molecule has 29 heavy (non-hydrogen) atoms. The number of rotatable bonds is 6. The van der Waals surface area contributed by atoms with Crippen LogP contribution in [0.25, 0.3) is 10.9 Å². The van der Waals surface area contributed by atoms with Crippen molar-refractivity contribution in [3.05, 3.63) is 64.3 Å². The standard InChI is InChI=1S/C24H29N3O2/c1-6-27(23(28)13-25)21-11-10-15(2)20(18(21)5)14-29-22-9-7-8-19-16(3)12-17(4)26-24(19)22/h7-12H,6,13-14,25H2,1-5H3. The third-order valence-electron chi connectivity index (χ3n) is 5.40.